The van der Waals surface area contributed by atoms with E-state index in [1.54, 1.807) is 30.3 Å². The summed E-state index contributed by atoms with van der Waals surface area (Å²) < 4.78 is 39.2. The number of thioether (sulfide) groups is 1. The van der Waals surface area contributed by atoms with Crippen LogP contribution in [0, 0.1) is 5.82 Å². The van der Waals surface area contributed by atoms with Gasteiger partial charge in [0, 0.05) is 18.8 Å². The lowest BCUT2D eigenvalue weighted by atomic mass is 10.1. The highest BCUT2D eigenvalue weighted by Gasteiger charge is 2.29. The van der Waals surface area contributed by atoms with E-state index in [1.807, 2.05) is 0 Å². The van der Waals surface area contributed by atoms with Crippen molar-refractivity contribution in [2.75, 3.05) is 24.6 Å². The van der Waals surface area contributed by atoms with Gasteiger partial charge in [-0.05, 0) is 29.8 Å². The van der Waals surface area contributed by atoms with E-state index >= 15 is 0 Å². The lowest BCUT2D eigenvalue weighted by molar-refractivity contribution is -0.118. The summed E-state index contributed by atoms with van der Waals surface area (Å²) in [6.45, 7) is 0.412. The number of amides is 1. The average molecular weight is 397 g/mol. The minimum Gasteiger partial charge on any atom is -0.354 e. The van der Waals surface area contributed by atoms with Crippen LogP contribution >= 0.6 is 11.8 Å². The Balaban J connectivity index is 2.22. The second kappa shape index (κ2) is 9.70. The van der Waals surface area contributed by atoms with Gasteiger partial charge in [-0.1, -0.05) is 30.3 Å². The molecule has 3 N–H and O–H groups in total. The number of benzene rings is 2. The van der Waals surface area contributed by atoms with Crippen LogP contribution in [0.4, 0.5) is 4.39 Å². The van der Waals surface area contributed by atoms with Crippen LogP contribution in [-0.4, -0.2) is 38.9 Å². The molecular weight excluding hydrogens is 375 g/mol. The molecular formula is C18H21FN2O3S2. The topological polar surface area (TPSA) is 89.3 Å². The van der Waals surface area contributed by atoms with Gasteiger partial charge in [0.2, 0.25) is 5.91 Å². The van der Waals surface area contributed by atoms with E-state index in [0.717, 1.165) is 12.1 Å². The van der Waals surface area contributed by atoms with Crippen molar-refractivity contribution in [2.45, 2.75) is 10.1 Å². The number of nitrogens with one attached hydrogen (secondary N) is 1. The van der Waals surface area contributed by atoms with E-state index < -0.39 is 20.9 Å². The maximum atomic E-state index is 13.1. The lowest BCUT2D eigenvalue weighted by Crippen LogP contribution is -2.33. The molecule has 0 aliphatic rings. The fourth-order valence-corrected chi connectivity index (χ4v) is 4.63. The number of hydrogen-bond donors (Lipinski definition) is 2. The van der Waals surface area contributed by atoms with Gasteiger partial charge in [0.05, 0.1) is 10.6 Å². The highest BCUT2D eigenvalue weighted by atomic mass is 32.2. The Labute approximate surface area is 157 Å². The number of rotatable bonds is 9. The van der Waals surface area contributed by atoms with Gasteiger partial charge >= 0.3 is 0 Å². The zero-order valence-electron chi connectivity index (χ0n) is 14.1. The molecule has 2 aromatic rings. The molecule has 1 atom stereocenters. The van der Waals surface area contributed by atoms with Crippen molar-refractivity contribution in [3.63, 3.8) is 0 Å². The fourth-order valence-electron chi connectivity index (χ4n) is 2.37. The average Bonchev–Trinajstić information content (AvgIpc) is 2.63. The second-order valence-electron chi connectivity index (χ2n) is 5.54. The molecule has 1 unspecified atom stereocenters. The Morgan fingerprint density at radius 2 is 1.77 bits per heavy atom. The Kier molecular flexibility index (Phi) is 7.62. The van der Waals surface area contributed by atoms with Crippen molar-refractivity contribution in [2.24, 2.45) is 5.73 Å². The molecule has 140 valence electrons. The first kappa shape index (κ1) is 20.4. The van der Waals surface area contributed by atoms with Crippen molar-refractivity contribution in [3.8, 4) is 0 Å². The van der Waals surface area contributed by atoms with Crippen LogP contribution in [0.5, 0.6) is 0 Å². The van der Waals surface area contributed by atoms with Crippen molar-refractivity contribution in [1.29, 1.82) is 0 Å². The van der Waals surface area contributed by atoms with Gasteiger partial charge in [-0.2, -0.15) is 11.8 Å². The zero-order valence-corrected chi connectivity index (χ0v) is 15.7. The van der Waals surface area contributed by atoms with Gasteiger partial charge in [0.1, 0.15) is 11.1 Å². The van der Waals surface area contributed by atoms with E-state index in [2.05, 4.69) is 5.32 Å². The predicted octanol–water partition coefficient (Wildman–Crippen LogP) is 2.15. The highest BCUT2D eigenvalue weighted by Crippen LogP contribution is 2.28. The number of carbonyl (C=O) groups is 1. The van der Waals surface area contributed by atoms with Crippen LogP contribution in [0.1, 0.15) is 10.8 Å². The number of carbonyl (C=O) groups excluding carboxylic acids is 1. The molecule has 0 heterocycles. The highest BCUT2D eigenvalue weighted by molar-refractivity contribution is 7.99. The second-order valence-corrected chi connectivity index (χ2v) is 8.78. The Morgan fingerprint density at radius 3 is 2.38 bits per heavy atom. The Morgan fingerprint density at radius 1 is 1.12 bits per heavy atom. The van der Waals surface area contributed by atoms with Gasteiger partial charge in [0.25, 0.3) is 0 Å². The van der Waals surface area contributed by atoms with E-state index in [1.165, 1.54) is 23.9 Å². The minimum absolute atomic E-state index is 0.0134. The summed E-state index contributed by atoms with van der Waals surface area (Å²) in [7, 11) is -3.80. The molecule has 1 amide bonds. The van der Waals surface area contributed by atoms with Crippen LogP contribution < -0.4 is 11.1 Å². The number of halogens is 1. The summed E-state index contributed by atoms with van der Waals surface area (Å²) >= 11 is 1.39. The predicted molar refractivity (Wildman–Crippen MR) is 102 cm³/mol. The summed E-state index contributed by atoms with van der Waals surface area (Å²) in [4.78, 5) is 12.0. The molecule has 2 rings (SSSR count). The van der Waals surface area contributed by atoms with Crippen molar-refractivity contribution < 1.29 is 17.6 Å². The number of sulfone groups is 1. The largest absolute Gasteiger partial charge is 0.354 e. The molecule has 0 bridgehead atoms. The molecule has 0 radical (unpaired) electrons. The normalized spacial score (nSPS) is 12.5. The fraction of sp³-hybridized carbons (Fsp3) is 0.278. The monoisotopic (exact) mass is 396 g/mol. The minimum atomic E-state index is -3.80. The molecule has 8 heteroatoms. The summed E-state index contributed by atoms with van der Waals surface area (Å²) in [6.07, 6.45) is 0. The summed E-state index contributed by atoms with van der Waals surface area (Å²) in [5.74, 6) is 0.114. The molecule has 0 spiro atoms. The maximum absolute atomic E-state index is 13.1. The zero-order chi connectivity index (χ0) is 19.0. The first-order chi connectivity index (χ1) is 12.4. The van der Waals surface area contributed by atoms with Crippen LogP contribution in [0.3, 0.4) is 0 Å². The third-order valence-corrected chi connectivity index (χ3v) is 6.78. The molecule has 0 saturated heterocycles. The van der Waals surface area contributed by atoms with Crippen molar-refractivity contribution in [3.05, 3.63) is 66.0 Å². The Hall–Kier alpha value is -1.90. The van der Waals surface area contributed by atoms with E-state index in [9.17, 15) is 17.6 Å². The number of hydrogen-bond acceptors (Lipinski definition) is 5. The number of nitrogens with two attached hydrogens (primary N) is 1. The summed E-state index contributed by atoms with van der Waals surface area (Å²) in [6, 6.07) is 13.3. The van der Waals surface area contributed by atoms with E-state index in [-0.39, 0.29) is 23.1 Å². The van der Waals surface area contributed by atoms with Gasteiger partial charge in [-0.15, -0.1) is 0 Å². The third-order valence-electron chi connectivity index (χ3n) is 3.67. The maximum Gasteiger partial charge on any atom is 0.230 e. The van der Waals surface area contributed by atoms with Crippen LogP contribution in [0.15, 0.2) is 59.5 Å². The molecule has 2 aromatic carbocycles. The Bertz CT molecular complexity index is 812. The van der Waals surface area contributed by atoms with Gasteiger partial charge in [-0.25, -0.2) is 12.8 Å². The molecule has 0 aliphatic carbocycles. The SMILES string of the molecule is NCCSCC(=O)NCC(c1ccccc1)S(=O)(=O)c1ccc(F)cc1. The molecule has 5 nitrogen and oxygen atoms in total. The van der Waals surface area contributed by atoms with E-state index in [0.29, 0.717) is 17.9 Å². The summed E-state index contributed by atoms with van der Waals surface area (Å²) in [5, 5.41) is 1.71. The molecule has 26 heavy (non-hydrogen) atoms. The standard InChI is InChI=1S/C18H21FN2O3S2/c19-15-6-8-16(9-7-15)26(23,24)17(14-4-2-1-3-5-14)12-21-18(22)13-25-11-10-20/h1-9,17H,10-13,20H2,(H,21,22). The van der Waals surface area contributed by atoms with Gasteiger partial charge in [-0.3, -0.25) is 4.79 Å². The van der Waals surface area contributed by atoms with Crippen molar-refractivity contribution in [1.82, 2.24) is 5.32 Å². The van der Waals surface area contributed by atoms with Gasteiger partial charge < -0.3 is 11.1 Å². The molecule has 0 aromatic heterocycles. The van der Waals surface area contributed by atoms with Crippen LogP contribution in [-0.2, 0) is 14.6 Å². The smallest absolute Gasteiger partial charge is 0.230 e. The van der Waals surface area contributed by atoms with Crippen LogP contribution in [0.25, 0.3) is 0 Å². The quantitative estimate of drug-likeness (QED) is 0.501. The van der Waals surface area contributed by atoms with Gasteiger partial charge in [0.15, 0.2) is 9.84 Å². The van der Waals surface area contributed by atoms with Crippen LogP contribution in [0.2, 0.25) is 0 Å². The van der Waals surface area contributed by atoms with E-state index in [4.69, 9.17) is 5.73 Å². The summed E-state index contributed by atoms with van der Waals surface area (Å²) in [5.41, 5.74) is 5.95. The lowest BCUT2D eigenvalue weighted by Gasteiger charge is -2.19. The molecule has 0 aliphatic heterocycles. The first-order valence-corrected chi connectivity index (χ1v) is 10.7. The molecule has 0 fully saturated rings. The molecule has 0 saturated carbocycles. The third kappa shape index (κ3) is 5.55. The van der Waals surface area contributed by atoms with Crippen molar-refractivity contribution >= 4 is 27.5 Å². The first-order valence-electron chi connectivity index (χ1n) is 8.04.